The lowest BCUT2D eigenvalue weighted by Crippen LogP contribution is -2.10. The minimum absolute atomic E-state index is 0.0356. The zero-order chi connectivity index (χ0) is 14.9. The number of carbonyl (C=O) groups excluding carboxylic acids is 1. The molecule has 0 aliphatic rings. The highest BCUT2D eigenvalue weighted by Crippen LogP contribution is 2.32. The van der Waals surface area contributed by atoms with E-state index in [9.17, 15) is 4.79 Å². The first kappa shape index (κ1) is 15.5. The number of hydrogen-bond donors (Lipinski definition) is 0. The third kappa shape index (κ3) is 3.21. The maximum atomic E-state index is 12.1. The van der Waals surface area contributed by atoms with Gasteiger partial charge in [0.25, 0.3) is 0 Å². The molecule has 6 heteroatoms. The Morgan fingerprint density at radius 1 is 0.950 bits per heavy atom. The molecule has 0 aliphatic heterocycles. The van der Waals surface area contributed by atoms with Crippen molar-refractivity contribution in [2.45, 2.75) is 6.92 Å². The summed E-state index contributed by atoms with van der Waals surface area (Å²) in [6, 6.07) is 7.86. The summed E-state index contributed by atoms with van der Waals surface area (Å²) in [5.74, 6) is -0.326. The van der Waals surface area contributed by atoms with Crippen LogP contribution in [0.3, 0.4) is 0 Å². The van der Waals surface area contributed by atoms with E-state index >= 15 is 0 Å². The molecule has 0 saturated heterocycles. The zero-order valence-electron chi connectivity index (χ0n) is 10.2. The van der Waals surface area contributed by atoms with Crippen LogP contribution < -0.4 is 4.74 Å². The molecule has 20 heavy (non-hydrogen) atoms. The maximum absolute atomic E-state index is 12.1. The van der Waals surface area contributed by atoms with E-state index in [0.717, 1.165) is 5.56 Å². The summed E-state index contributed by atoms with van der Waals surface area (Å²) in [5.41, 5.74) is 0.827. The van der Waals surface area contributed by atoms with Crippen molar-refractivity contribution >= 4 is 52.4 Å². The largest absolute Gasteiger partial charge is 0.423 e. The van der Waals surface area contributed by atoms with Crippen LogP contribution in [-0.2, 0) is 0 Å². The SMILES string of the molecule is Cc1cc(OC(=O)c2c(Cl)ccc(Cl)c2Cl)ccc1Cl. The predicted molar refractivity (Wildman–Crippen MR) is 82.6 cm³/mol. The fourth-order valence-corrected chi connectivity index (χ4v) is 2.35. The Morgan fingerprint density at radius 2 is 1.55 bits per heavy atom. The first-order valence-electron chi connectivity index (χ1n) is 5.52. The van der Waals surface area contributed by atoms with Gasteiger partial charge in [-0.2, -0.15) is 0 Å². The minimum atomic E-state index is -0.677. The second-order valence-corrected chi connectivity index (χ2v) is 5.62. The van der Waals surface area contributed by atoms with Gasteiger partial charge < -0.3 is 4.74 Å². The van der Waals surface area contributed by atoms with E-state index < -0.39 is 5.97 Å². The van der Waals surface area contributed by atoms with Gasteiger partial charge in [-0.1, -0.05) is 46.4 Å². The number of ether oxygens (including phenoxy) is 1. The molecule has 2 aromatic carbocycles. The zero-order valence-corrected chi connectivity index (χ0v) is 13.2. The Morgan fingerprint density at radius 3 is 2.20 bits per heavy atom. The molecule has 0 aromatic heterocycles. The average Bonchev–Trinajstić information content (AvgIpc) is 2.39. The Balaban J connectivity index is 2.33. The fraction of sp³-hybridized carbons (Fsp3) is 0.0714. The number of benzene rings is 2. The summed E-state index contributed by atoms with van der Waals surface area (Å²) in [4.78, 5) is 12.1. The quantitative estimate of drug-likeness (QED) is 0.387. The lowest BCUT2D eigenvalue weighted by atomic mass is 10.2. The number of carbonyl (C=O) groups is 1. The lowest BCUT2D eigenvalue weighted by Gasteiger charge is -2.09. The van der Waals surface area contributed by atoms with Crippen molar-refractivity contribution in [3.63, 3.8) is 0 Å². The molecule has 0 amide bonds. The molecule has 0 N–H and O–H groups in total. The molecule has 0 aliphatic carbocycles. The highest BCUT2D eigenvalue weighted by Gasteiger charge is 2.19. The molecule has 0 saturated carbocycles. The van der Waals surface area contributed by atoms with E-state index in [0.29, 0.717) is 10.8 Å². The molecule has 0 spiro atoms. The Kier molecular flexibility index (Phi) is 4.82. The standard InChI is InChI=1S/C14H8Cl4O2/c1-7-6-8(2-3-9(7)15)20-14(19)12-10(16)4-5-11(17)13(12)18/h2-6H,1H3. The number of halogens is 4. The van der Waals surface area contributed by atoms with E-state index in [2.05, 4.69) is 0 Å². The summed E-state index contributed by atoms with van der Waals surface area (Å²) in [5, 5.41) is 1.06. The maximum Gasteiger partial charge on any atom is 0.346 e. The normalized spacial score (nSPS) is 10.4. The molecular formula is C14H8Cl4O2. The molecule has 0 fully saturated rings. The molecule has 104 valence electrons. The minimum Gasteiger partial charge on any atom is -0.423 e. The number of rotatable bonds is 2. The molecular weight excluding hydrogens is 342 g/mol. The van der Waals surface area contributed by atoms with Crippen LogP contribution in [0.15, 0.2) is 30.3 Å². The van der Waals surface area contributed by atoms with Crippen molar-refractivity contribution in [2.24, 2.45) is 0 Å². The van der Waals surface area contributed by atoms with E-state index in [4.69, 9.17) is 51.1 Å². The molecule has 0 radical (unpaired) electrons. The first-order chi connectivity index (χ1) is 9.40. The van der Waals surface area contributed by atoms with Crippen LogP contribution in [0.25, 0.3) is 0 Å². The molecule has 0 heterocycles. The third-order valence-corrected chi connectivity index (χ3v) is 4.13. The average molecular weight is 350 g/mol. The van der Waals surface area contributed by atoms with Crippen molar-refractivity contribution < 1.29 is 9.53 Å². The molecule has 2 nitrogen and oxygen atoms in total. The van der Waals surface area contributed by atoms with Crippen molar-refractivity contribution in [3.05, 3.63) is 61.5 Å². The Bertz CT molecular complexity index is 683. The van der Waals surface area contributed by atoms with E-state index in [-0.39, 0.29) is 20.6 Å². The predicted octanol–water partition coefficient (Wildman–Crippen LogP) is 5.83. The van der Waals surface area contributed by atoms with Crippen LogP contribution in [0.1, 0.15) is 15.9 Å². The molecule has 0 atom stereocenters. The molecule has 2 aromatic rings. The van der Waals surface area contributed by atoms with Crippen LogP contribution >= 0.6 is 46.4 Å². The summed E-state index contributed by atoms with van der Waals surface area (Å²) < 4.78 is 5.23. The summed E-state index contributed by atoms with van der Waals surface area (Å²) in [7, 11) is 0. The van der Waals surface area contributed by atoms with Crippen LogP contribution in [-0.4, -0.2) is 5.97 Å². The van der Waals surface area contributed by atoms with Gasteiger partial charge in [0.15, 0.2) is 0 Å². The topological polar surface area (TPSA) is 26.3 Å². The van der Waals surface area contributed by atoms with Gasteiger partial charge in [0.1, 0.15) is 5.75 Å². The monoisotopic (exact) mass is 348 g/mol. The van der Waals surface area contributed by atoms with E-state index in [1.54, 1.807) is 25.1 Å². The van der Waals surface area contributed by atoms with Gasteiger partial charge in [-0.05, 0) is 42.8 Å². The van der Waals surface area contributed by atoms with E-state index in [1.807, 2.05) is 0 Å². The van der Waals surface area contributed by atoms with E-state index in [1.165, 1.54) is 12.1 Å². The van der Waals surface area contributed by atoms with Gasteiger partial charge in [0.2, 0.25) is 0 Å². The second-order valence-electron chi connectivity index (χ2n) is 4.02. The number of esters is 1. The van der Waals surface area contributed by atoms with Gasteiger partial charge in [-0.25, -0.2) is 4.79 Å². The molecule has 2 rings (SSSR count). The Labute approximate surface area is 136 Å². The third-order valence-electron chi connectivity index (χ3n) is 2.59. The lowest BCUT2D eigenvalue weighted by molar-refractivity contribution is 0.0735. The van der Waals surface area contributed by atoms with Crippen molar-refractivity contribution in [1.29, 1.82) is 0 Å². The molecule has 0 unspecified atom stereocenters. The van der Waals surface area contributed by atoms with Crippen LogP contribution in [0.5, 0.6) is 5.75 Å². The van der Waals surface area contributed by atoms with Gasteiger partial charge in [-0.15, -0.1) is 0 Å². The first-order valence-corrected chi connectivity index (χ1v) is 7.03. The van der Waals surface area contributed by atoms with Gasteiger partial charge in [0, 0.05) is 5.02 Å². The summed E-state index contributed by atoms with van der Waals surface area (Å²) in [6.07, 6.45) is 0. The highest BCUT2D eigenvalue weighted by molar-refractivity contribution is 6.46. The second kappa shape index (κ2) is 6.23. The van der Waals surface area contributed by atoms with Crippen molar-refractivity contribution in [1.82, 2.24) is 0 Å². The van der Waals surface area contributed by atoms with Gasteiger partial charge in [0.05, 0.1) is 20.6 Å². The van der Waals surface area contributed by atoms with Gasteiger partial charge in [-0.3, -0.25) is 0 Å². The Hall–Kier alpha value is -0.930. The van der Waals surface area contributed by atoms with Crippen molar-refractivity contribution in [3.8, 4) is 5.75 Å². The van der Waals surface area contributed by atoms with Crippen LogP contribution in [0.4, 0.5) is 0 Å². The molecule has 0 bridgehead atoms. The fourth-order valence-electron chi connectivity index (χ4n) is 1.55. The van der Waals surface area contributed by atoms with Crippen LogP contribution in [0.2, 0.25) is 20.1 Å². The van der Waals surface area contributed by atoms with Crippen molar-refractivity contribution in [2.75, 3.05) is 0 Å². The van der Waals surface area contributed by atoms with Crippen LogP contribution in [0, 0.1) is 6.92 Å². The smallest absolute Gasteiger partial charge is 0.346 e. The number of hydrogen-bond acceptors (Lipinski definition) is 2. The summed E-state index contributed by atoms with van der Waals surface area (Å²) in [6.45, 7) is 1.80. The summed E-state index contributed by atoms with van der Waals surface area (Å²) >= 11 is 23.7. The van der Waals surface area contributed by atoms with Gasteiger partial charge >= 0.3 is 5.97 Å². The highest BCUT2D eigenvalue weighted by atomic mass is 35.5. The number of aryl methyl sites for hydroxylation is 1.